The summed E-state index contributed by atoms with van der Waals surface area (Å²) >= 11 is 0. The fourth-order valence-electron chi connectivity index (χ4n) is 4.12. The second-order valence-electron chi connectivity index (χ2n) is 10.5. The van der Waals surface area contributed by atoms with E-state index in [1.165, 1.54) is 4.90 Å². The van der Waals surface area contributed by atoms with Crippen LogP contribution in [-0.4, -0.2) is 46.9 Å². The normalized spacial score (nSPS) is 12.6. The molecule has 0 aliphatic rings. The first-order chi connectivity index (χ1) is 18.5. The quantitative estimate of drug-likeness (QED) is 0.310. The van der Waals surface area contributed by atoms with Gasteiger partial charge in [-0.1, -0.05) is 86.8 Å². The van der Waals surface area contributed by atoms with E-state index in [-0.39, 0.29) is 19.0 Å². The van der Waals surface area contributed by atoms with Gasteiger partial charge in [-0.2, -0.15) is 0 Å². The summed E-state index contributed by atoms with van der Waals surface area (Å²) in [5, 5.41) is 5.45. The fourth-order valence-corrected chi connectivity index (χ4v) is 4.12. The Morgan fingerprint density at radius 1 is 0.923 bits per heavy atom. The molecule has 0 saturated carbocycles. The molecule has 2 unspecified atom stereocenters. The van der Waals surface area contributed by atoms with Gasteiger partial charge in [0, 0.05) is 13.1 Å². The number of carbonyl (C=O) groups is 4. The minimum atomic E-state index is -1.29. The van der Waals surface area contributed by atoms with Crippen LogP contribution < -0.4 is 16.4 Å². The van der Waals surface area contributed by atoms with E-state index in [9.17, 15) is 19.2 Å². The van der Waals surface area contributed by atoms with Gasteiger partial charge >= 0.3 is 6.09 Å². The number of nitrogens with zero attached hydrogens (tertiary/aromatic N) is 1. The van der Waals surface area contributed by atoms with Crippen LogP contribution in [0.5, 0.6) is 0 Å². The lowest BCUT2D eigenvalue weighted by molar-refractivity contribution is -0.143. The van der Waals surface area contributed by atoms with Crippen LogP contribution in [0.4, 0.5) is 4.79 Å². The topological polar surface area (TPSA) is 131 Å². The Labute approximate surface area is 231 Å². The monoisotopic (exact) mass is 538 g/mol. The molecule has 0 heterocycles. The third kappa shape index (κ3) is 11.2. The molecule has 2 aromatic rings. The zero-order chi connectivity index (χ0) is 28.8. The summed E-state index contributed by atoms with van der Waals surface area (Å²) in [7, 11) is 0. The molecule has 4 N–H and O–H groups in total. The van der Waals surface area contributed by atoms with Gasteiger partial charge in [0.25, 0.3) is 0 Å². The van der Waals surface area contributed by atoms with Gasteiger partial charge in [0.15, 0.2) is 0 Å². The number of primary amides is 1. The van der Waals surface area contributed by atoms with Crippen molar-refractivity contribution in [2.24, 2.45) is 5.73 Å². The van der Waals surface area contributed by atoms with Crippen LogP contribution in [0.15, 0.2) is 60.7 Å². The van der Waals surface area contributed by atoms with Crippen molar-refractivity contribution >= 4 is 23.8 Å². The molecule has 0 aromatic heterocycles. The third-order valence-corrected chi connectivity index (χ3v) is 5.91. The standard InChI is InChI=1S/C30H42N4O5/c1-5-6-7-14-19-34(28(37)24(20-25(31)35)33-29(38)39-30(2,3)4)26(23-17-12-9-13-18-23)27(36)32-21-22-15-10-8-11-16-22/h8-13,15-18,24,26H,5-7,14,19-21H2,1-4H3,(H2,31,35)(H,32,36)(H,33,38). The second-order valence-corrected chi connectivity index (χ2v) is 10.5. The van der Waals surface area contributed by atoms with Gasteiger partial charge < -0.3 is 26.0 Å². The first kappa shape index (κ1) is 31.3. The number of rotatable bonds is 14. The Morgan fingerprint density at radius 3 is 2.10 bits per heavy atom. The van der Waals surface area contributed by atoms with Crippen LogP contribution in [0.2, 0.25) is 0 Å². The molecule has 0 saturated heterocycles. The molecule has 2 rings (SSSR count). The number of amides is 4. The fraction of sp³-hybridized carbons (Fsp3) is 0.467. The van der Waals surface area contributed by atoms with Crippen molar-refractivity contribution in [2.45, 2.75) is 84.0 Å². The highest BCUT2D eigenvalue weighted by atomic mass is 16.6. The van der Waals surface area contributed by atoms with E-state index in [0.29, 0.717) is 12.0 Å². The number of hydrogen-bond acceptors (Lipinski definition) is 5. The Morgan fingerprint density at radius 2 is 1.54 bits per heavy atom. The van der Waals surface area contributed by atoms with Crippen molar-refractivity contribution in [1.29, 1.82) is 0 Å². The number of benzene rings is 2. The third-order valence-electron chi connectivity index (χ3n) is 5.91. The molecule has 212 valence electrons. The molecule has 0 fully saturated rings. The molecule has 2 atom stereocenters. The average molecular weight is 539 g/mol. The molecule has 0 spiro atoms. The molecular weight excluding hydrogens is 496 g/mol. The summed E-state index contributed by atoms with van der Waals surface area (Å²) in [5.41, 5.74) is 6.17. The maximum absolute atomic E-state index is 14.0. The zero-order valence-electron chi connectivity index (χ0n) is 23.4. The van der Waals surface area contributed by atoms with Gasteiger partial charge in [-0.25, -0.2) is 4.79 Å². The molecule has 0 aliphatic carbocycles. The number of hydrogen-bond donors (Lipinski definition) is 3. The van der Waals surface area contributed by atoms with Crippen molar-refractivity contribution in [3.63, 3.8) is 0 Å². The summed E-state index contributed by atoms with van der Waals surface area (Å²) in [5.74, 6) is -1.72. The van der Waals surface area contributed by atoms with Crippen LogP contribution >= 0.6 is 0 Å². The van der Waals surface area contributed by atoms with E-state index in [4.69, 9.17) is 10.5 Å². The average Bonchev–Trinajstić information content (AvgIpc) is 2.88. The minimum Gasteiger partial charge on any atom is -0.444 e. The van der Waals surface area contributed by atoms with E-state index >= 15 is 0 Å². The SMILES string of the molecule is CCCCCCN(C(=O)C(CC(N)=O)NC(=O)OC(C)(C)C)C(C(=O)NCc1ccccc1)c1ccccc1. The Bertz CT molecular complexity index is 1070. The molecule has 0 bridgehead atoms. The van der Waals surface area contributed by atoms with Crippen LogP contribution in [0, 0.1) is 0 Å². The van der Waals surface area contributed by atoms with Gasteiger partial charge in [-0.15, -0.1) is 0 Å². The van der Waals surface area contributed by atoms with Gasteiger partial charge in [-0.05, 0) is 38.3 Å². The largest absolute Gasteiger partial charge is 0.444 e. The highest BCUT2D eigenvalue weighted by Crippen LogP contribution is 2.24. The summed E-state index contributed by atoms with van der Waals surface area (Å²) in [4.78, 5) is 53.6. The second kappa shape index (κ2) is 15.5. The lowest BCUT2D eigenvalue weighted by Crippen LogP contribution is -2.54. The number of nitrogens with two attached hydrogens (primary N) is 1. The van der Waals surface area contributed by atoms with E-state index in [0.717, 1.165) is 24.8 Å². The Hall–Kier alpha value is -3.88. The molecule has 39 heavy (non-hydrogen) atoms. The molecule has 0 radical (unpaired) electrons. The molecular formula is C30H42N4O5. The predicted molar refractivity (Wildman–Crippen MR) is 150 cm³/mol. The summed E-state index contributed by atoms with van der Waals surface area (Å²) in [6.07, 6.45) is 2.18. The van der Waals surface area contributed by atoms with Gasteiger partial charge in [0.05, 0.1) is 6.42 Å². The molecule has 9 nitrogen and oxygen atoms in total. The van der Waals surface area contributed by atoms with Gasteiger partial charge in [0.2, 0.25) is 17.7 Å². The van der Waals surface area contributed by atoms with E-state index < -0.39 is 42.0 Å². The maximum Gasteiger partial charge on any atom is 0.408 e. The number of alkyl carbamates (subject to hydrolysis) is 1. The van der Waals surface area contributed by atoms with Crippen molar-refractivity contribution in [2.75, 3.05) is 6.54 Å². The number of nitrogens with one attached hydrogen (secondary N) is 2. The van der Waals surface area contributed by atoms with Gasteiger partial charge in [0.1, 0.15) is 17.7 Å². The van der Waals surface area contributed by atoms with Crippen LogP contribution in [0.1, 0.15) is 77.0 Å². The van der Waals surface area contributed by atoms with Crippen molar-refractivity contribution in [1.82, 2.24) is 15.5 Å². The summed E-state index contributed by atoms with van der Waals surface area (Å²) < 4.78 is 5.32. The highest BCUT2D eigenvalue weighted by Gasteiger charge is 2.36. The lowest BCUT2D eigenvalue weighted by atomic mass is 10.0. The van der Waals surface area contributed by atoms with E-state index in [1.807, 2.05) is 36.4 Å². The molecule has 4 amide bonds. The first-order valence-corrected chi connectivity index (χ1v) is 13.5. The van der Waals surface area contributed by atoms with E-state index in [2.05, 4.69) is 17.6 Å². The number of carbonyl (C=O) groups excluding carboxylic acids is 4. The summed E-state index contributed by atoms with van der Waals surface area (Å²) in [6, 6.07) is 16.2. The molecule has 0 aliphatic heterocycles. The number of ether oxygens (including phenoxy) is 1. The lowest BCUT2D eigenvalue weighted by Gasteiger charge is -2.34. The minimum absolute atomic E-state index is 0.252. The highest BCUT2D eigenvalue weighted by molar-refractivity contribution is 5.94. The first-order valence-electron chi connectivity index (χ1n) is 13.5. The Balaban J connectivity index is 2.43. The zero-order valence-corrected chi connectivity index (χ0v) is 23.4. The maximum atomic E-state index is 14.0. The van der Waals surface area contributed by atoms with Crippen molar-refractivity contribution in [3.05, 3.63) is 71.8 Å². The predicted octanol–water partition coefficient (Wildman–Crippen LogP) is 4.22. The summed E-state index contributed by atoms with van der Waals surface area (Å²) in [6.45, 7) is 7.70. The van der Waals surface area contributed by atoms with Gasteiger partial charge in [-0.3, -0.25) is 14.4 Å². The Kier molecular flexibility index (Phi) is 12.5. The van der Waals surface area contributed by atoms with E-state index in [1.54, 1.807) is 45.0 Å². The van der Waals surface area contributed by atoms with Crippen LogP contribution in [-0.2, 0) is 25.7 Å². The smallest absolute Gasteiger partial charge is 0.408 e. The van der Waals surface area contributed by atoms with Crippen molar-refractivity contribution < 1.29 is 23.9 Å². The number of unbranched alkanes of at least 4 members (excludes halogenated alkanes) is 3. The molecule has 2 aromatic carbocycles. The van der Waals surface area contributed by atoms with Crippen LogP contribution in [0.25, 0.3) is 0 Å². The van der Waals surface area contributed by atoms with Crippen LogP contribution in [0.3, 0.4) is 0 Å². The van der Waals surface area contributed by atoms with Crippen molar-refractivity contribution in [3.8, 4) is 0 Å². The molecule has 9 heteroatoms.